The molecule has 0 aliphatic heterocycles. The third kappa shape index (κ3) is 1.92. The Morgan fingerprint density at radius 2 is 2.20 bits per heavy atom. The molecule has 2 aromatic heterocycles. The molecule has 0 saturated heterocycles. The van der Waals surface area contributed by atoms with Gasteiger partial charge >= 0.3 is 0 Å². The Hall–Kier alpha value is -1.62. The van der Waals surface area contributed by atoms with E-state index in [1.54, 1.807) is 18.4 Å². The standard InChI is InChI=1S/C10H13N3O2/c1-6(2)8(11)10-12-9(13-15-10)7-4-3-5-14-7/h3-6,8H,11H2,1-2H3/t8-/m1/s1. The van der Waals surface area contributed by atoms with E-state index < -0.39 is 0 Å². The van der Waals surface area contributed by atoms with Crippen molar-refractivity contribution in [2.75, 3.05) is 0 Å². The predicted molar refractivity (Wildman–Crippen MR) is 53.8 cm³/mol. The number of nitrogens with two attached hydrogens (primary N) is 1. The first-order valence-electron chi connectivity index (χ1n) is 4.81. The van der Waals surface area contributed by atoms with Gasteiger partial charge in [-0.3, -0.25) is 0 Å². The molecule has 0 radical (unpaired) electrons. The number of hydrogen-bond acceptors (Lipinski definition) is 5. The Morgan fingerprint density at radius 3 is 2.80 bits per heavy atom. The second kappa shape index (κ2) is 3.86. The molecule has 0 unspecified atom stereocenters. The summed E-state index contributed by atoms with van der Waals surface area (Å²) in [7, 11) is 0. The maximum atomic E-state index is 5.88. The normalized spacial score (nSPS) is 13.3. The van der Waals surface area contributed by atoms with Crippen molar-refractivity contribution in [3.63, 3.8) is 0 Å². The highest BCUT2D eigenvalue weighted by atomic mass is 16.5. The second-order valence-corrected chi connectivity index (χ2v) is 3.70. The second-order valence-electron chi connectivity index (χ2n) is 3.70. The average Bonchev–Trinajstić information content (AvgIpc) is 2.86. The summed E-state index contributed by atoms with van der Waals surface area (Å²) in [5.41, 5.74) is 5.88. The smallest absolute Gasteiger partial charge is 0.244 e. The molecule has 2 aromatic rings. The molecule has 15 heavy (non-hydrogen) atoms. The number of hydrogen-bond donors (Lipinski definition) is 1. The van der Waals surface area contributed by atoms with Gasteiger partial charge in [0.25, 0.3) is 0 Å². The first-order chi connectivity index (χ1) is 7.18. The fourth-order valence-corrected chi connectivity index (χ4v) is 1.16. The molecular weight excluding hydrogens is 194 g/mol. The van der Waals surface area contributed by atoms with Crippen molar-refractivity contribution >= 4 is 0 Å². The number of nitrogens with zero attached hydrogens (tertiary/aromatic N) is 2. The molecule has 0 saturated carbocycles. The fraction of sp³-hybridized carbons (Fsp3) is 0.400. The van der Waals surface area contributed by atoms with Crippen molar-refractivity contribution in [2.45, 2.75) is 19.9 Å². The molecule has 0 bridgehead atoms. The summed E-state index contributed by atoms with van der Waals surface area (Å²) in [6.45, 7) is 4.00. The molecule has 2 rings (SSSR count). The minimum atomic E-state index is -0.235. The molecule has 0 aliphatic rings. The van der Waals surface area contributed by atoms with E-state index in [9.17, 15) is 0 Å². The zero-order valence-corrected chi connectivity index (χ0v) is 8.68. The topological polar surface area (TPSA) is 78.1 Å². The fourth-order valence-electron chi connectivity index (χ4n) is 1.16. The van der Waals surface area contributed by atoms with E-state index in [2.05, 4.69) is 10.1 Å². The summed E-state index contributed by atoms with van der Waals surface area (Å²) in [5.74, 6) is 1.72. The van der Waals surface area contributed by atoms with Crippen molar-refractivity contribution in [1.82, 2.24) is 10.1 Å². The lowest BCUT2D eigenvalue weighted by molar-refractivity contribution is 0.324. The highest BCUT2D eigenvalue weighted by Gasteiger charge is 2.19. The first-order valence-corrected chi connectivity index (χ1v) is 4.81. The maximum absolute atomic E-state index is 5.88. The summed E-state index contributed by atoms with van der Waals surface area (Å²) in [6, 6.07) is 3.31. The molecule has 2 N–H and O–H groups in total. The molecule has 0 spiro atoms. The first kappa shape index (κ1) is 9.92. The van der Waals surface area contributed by atoms with E-state index in [0.717, 1.165) is 0 Å². The van der Waals surface area contributed by atoms with Crippen LogP contribution in [0.2, 0.25) is 0 Å². The minimum Gasteiger partial charge on any atom is -0.461 e. The Kier molecular flexibility index (Phi) is 2.55. The van der Waals surface area contributed by atoms with Crippen LogP contribution in [0.15, 0.2) is 27.3 Å². The summed E-state index contributed by atoms with van der Waals surface area (Å²) < 4.78 is 10.2. The van der Waals surface area contributed by atoms with Gasteiger partial charge in [0.2, 0.25) is 11.7 Å². The van der Waals surface area contributed by atoms with E-state index in [-0.39, 0.29) is 12.0 Å². The summed E-state index contributed by atoms with van der Waals surface area (Å²) >= 11 is 0. The van der Waals surface area contributed by atoms with E-state index in [1.165, 1.54) is 0 Å². The van der Waals surface area contributed by atoms with Gasteiger partial charge in [-0.15, -0.1) is 0 Å². The Labute approximate surface area is 87.3 Å². The van der Waals surface area contributed by atoms with Crippen LogP contribution in [0.5, 0.6) is 0 Å². The van der Waals surface area contributed by atoms with Crippen LogP contribution in [0.1, 0.15) is 25.8 Å². The van der Waals surface area contributed by atoms with Crippen molar-refractivity contribution in [3.8, 4) is 11.6 Å². The summed E-state index contributed by atoms with van der Waals surface area (Å²) in [5, 5.41) is 3.80. The molecular formula is C10H13N3O2. The molecule has 1 atom stereocenters. The van der Waals surface area contributed by atoms with E-state index in [4.69, 9.17) is 14.7 Å². The SMILES string of the molecule is CC(C)[C@@H](N)c1nc(-c2ccco2)no1. The van der Waals surface area contributed by atoms with Gasteiger partial charge < -0.3 is 14.7 Å². The van der Waals surface area contributed by atoms with Crippen molar-refractivity contribution < 1.29 is 8.94 Å². The number of rotatable bonds is 3. The van der Waals surface area contributed by atoms with Gasteiger partial charge in [-0.2, -0.15) is 4.98 Å². The Bertz CT molecular complexity index is 420. The largest absolute Gasteiger partial charge is 0.461 e. The van der Waals surface area contributed by atoms with Crippen LogP contribution < -0.4 is 5.73 Å². The zero-order chi connectivity index (χ0) is 10.8. The minimum absolute atomic E-state index is 0.235. The van der Waals surface area contributed by atoms with Crippen LogP contribution in [0.3, 0.4) is 0 Å². The maximum Gasteiger partial charge on any atom is 0.244 e. The van der Waals surface area contributed by atoms with Crippen LogP contribution in [0, 0.1) is 5.92 Å². The van der Waals surface area contributed by atoms with Crippen LogP contribution in [-0.4, -0.2) is 10.1 Å². The van der Waals surface area contributed by atoms with E-state index >= 15 is 0 Å². The van der Waals surface area contributed by atoms with Gasteiger partial charge in [-0.25, -0.2) is 0 Å². The molecule has 80 valence electrons. The number of furan rings is 1. The zero-order valence-electron chi connectivity index (χ0n) is 8.68. The number of aromatic nitrogens is 2. The van der Waals surface area contributed by atoms with Crippen LogP contribution in [0.4, 0.5) is 0 Å². The third-order valence-corrected chi connectivity index (χ3v) is 2.19. The molecule has 5 heteroatoms. The molecule has 2 heterocycles. The molecule has 0 amide bonds. The lowest BCUT2D eigenvalue weighted by Crippen LogP contribution is -2.16. The molecule has 0 aromatic carbocycles. The molecule has 5 nitrogen and oxygen atoms in total. The van der Waals surface area contributed by atoms with Gasteiger partial charge in [0.1, 0.15) is 0 Å². The Morgan fingerprint density at radius 1 is 1.40 bits per heavy atom. The van der Waals surface area contributed by atoms with Crippen LogP contribution >= 0.6 is 0 Å². The Balaban J connectivity index is 2.25. The van der Waals surface area contributed by atoms with Crippen LogP contribution in [-0.2, 0) is 0 Å². The van der Waals surface area contributed by atoms with Crippen molar-refractivity contribution in [3.05, 3.63) is 24.3 Å². The van der Waals surface area contributed by atoms with Gasteiger partial charge in [0.05, 0.1) is 12.3 Å². The van der Waals surface area contributed by atoms with Crippen molar-refractivity contribution in [1.29, 1.82) is 0 Å². The highest BCUT2D eigenvalue weighted by molar-refractivity contribution is 5.44. The highest BCUT2D eigenvalue weighted by Crippen LogP contribution is 2.21. The van der Waals surface area contributed by atoms with E-state index in [1.807, 2.05) is 13.8 Å². The predicted octanol–water partition coefficient (Wildman–Crippen LogP) is 1.99. The lowest BCUT2D eigenvalue weighted by atomic mass is 10.1. The van der Waals surface area contributed by atoms with Gasteiger partial charge in [0, 0.05) is 0 Å². The monoisotopic (exact) mass is 207 g/mol. The average molecular weight is 207 g/mol. The van der Waals surface area contributed by atoms with Gasteiger partial charge in [0.15, 0.2) is 5.76 Å². The summed E-state index contributed by atoms with van der Waals surface area (Å²) in [6.07, 6.45) is 1.56. The van der Waals surface area contributed by atoms with Crippen molar-refractivity contribution in [2.24, 2.45) is 11.7 Å². The molecule has 0 fully saturated rings. The summed E-state index contributed by atoms with van der Waals surface area (Å²) in [4.78, 5) is 4.18. The quantitative estimate of drug-likeness (QED) is 0.832. The van der Waals surface area contributed by atoms with Gasteiger partial charge in [-0.1, -0.05) is 19.0 Å². The third-order valence-electron chi connectivity index (χ3n) is 2.19. The van der Waals surface area contributed by atoms with Crippen LogP contribution in [0.25, 0.3) is 11.6 Å². The lowest BCUT2D eigenvalue weighted by Gasteiger charge is -2.08. The van der Waals surface area contributed by atoms with Gasteiger partial charge in [-0.05, 0) is 18.1 Å². The van der Waals surface area contributed by atoms with E-state index in [0.29, 0.717) is 17.5 Å². The molecule has 0 aliphatic carbocycles.